The maximum Gasteiger partial charge on any atom is 0.407 e. The summed E-state index contributed by atoms with van der Waals surface area (Å²) in [5.41, 5.74) is 12.4. The van der Waals surface area contributed by atoms with Gasteiger partial charge in [-0.05, 0) is 34.2 Å². The van der Waals surface area contributed by atoms with Gasteiger partial charge >= 0.3 is 12.1 Å². The normalized spacial score (nSPS) is 12.4. The van der Waals surface area contributed by atoms with Crippen LogP contribution in [0, 0.1) is 0 Å². The second-order valence-corrected chi connectivity index (χ2v) is 10.9. The van der Waals surface area contributed by atoms with Crippen molar-refractivity contribution in [2.45, 2.75) is 24.8 Å². The number of benzene rings is 2. The van der Waals surface area contributed by atoms with E-state index in [1.807, 2.05) is 48.5 Å². The summed E-state index contributed by atoms with van der Waals surface area (Å²) >= 11 is 0. The van der Waals surface area contributed by atoms with Crippen LogP contribution < -0.4 is 10.6 Å². The topological polar surface area (TPSA) is 209 Å². The van der Waals surface area contributed by atoms with Gasteiger partial charge in [0.25, 0.3) is 0 Å². The molecule has 16 nitrogen and oxygen atoms in total. The van der Waals surface area contributed by atoms with Crippen molar-refractivity contribution in [2.75, 3.05) is 99.0 Å². The molecule has 0 saturated carbocycles. The Balaban J connectivity index is 1.12. The Kier molecular flexibility index (Phi) is 19.9. The zero-order valence-corrected chi connectivity index (χ0v) is 28.2. The van der Waals surface area contributed by atoms with E-state index in [0.717, 1.165) is 22.3 Å². The number of nitrogens with one attached hydrogen (secondary N) is 2. The summed E-state index contributed by atoms with van der Waals surface area (Å²) in [6, 6.07) is 14.6. The number of fused-ring (bicyclic) bond motifs is 3. The molecule has 0 fully saturated rings. The van der Waals surface area contributed by atoms with E-state index in [9.17, 15) is 19.5 Å². The highest BCUT2D eigenvalue weighted by molar-refractivity contribution is 5.82. The minimum absolute atomic E-state index is 0.0565. The van der Waals surface area contributed by atoms with Crippen LogP contribution in [0.5, 0.6) is 0 Å². The predicted molar refractivity (Wildman–Crippen MR) is 181 cm³/mol. The number of carboxylic acid groups (broad SMARTS) is 1. The fourth-order valence-corrected chi connectivity index (χ4v) is 5.02. The SMILES string of the molecule is [N-]=[N+]=NCCOCCOCCOCCOCCOCCOCCNC(=O)CCC(NC(=O)OCC1c2ccccc2-c2ccccc21)C(=O)O. The number of hydrogen-bond donors (Lipinski definition) is 3. The van der Waals surface area contributed by atoms with Crippen LogP contribution in [0.3, 0.4) is 0 Å². The lowest BCUT2D eigenvalue weighted by Crippen LogP contribution is -2.42. The number of ether oxygens (including phenoxy) is 7. The molecule has 0 spiro atoms. The first-order chi connectivity index (χ1) is 24.5. The molecular weight excluding hydrogens is 654 g/mol. The van der Waals surface area contributed by atoms with Gasteiger partial charge in [0, 0.05) is 30.3 Å². The van der Waals surface area contributed by atoms with Gasteiger partial charge in [0.15, 0.2) is 0 Å². The molecule has 2 aromatic carbocycles. The third kappa shape index (κ3) is 15.5. The van der Waals surface area contributed by atoms with E-state index in [-0.39, 0.29) is 44.4 Å². The van der Waals surface area contributed by atoms with Crippen molar-refractivity contribution >= 4 is 18.0 Å². The van der Waals surface area contributed by atoms with Crippen LogP contribution in [0.25, 0.3) is 21.6 Å². The highest BCUT2D eigenvalue weighted by Gasteiger charge is 2.30. The number of carboxylic acids is 1. The standard InChI is InChI=1S/C34H47N5O11/c35-39-37-12-14-45-16-18-47-20-22-49-24-23-48-21-19-46-17-15-44-13-11-36-32(40)10-9-31(33(41)42)38-34(43)50-25-30-28-7-3-1-5-26(28)27-6-2-4-8-29(27)30/h1-8,30-31H,9-25H2,(H,36,40)(H,38,43)(H,41,42). The summed E-state index contributed by atoms with van der Waals surface area (Å²) in [7, 11) is 0. The number of amides is 2. The van der Waals surface area contributed by atoms with Crippen molar-refractivity contribution in [3.8, 4) is 11.1 Å². The number of nitrogens with zero attached hydrogens (tertiary/aromatic N) is 3. The highest BCUT2D eigenvalue weighted by Crippen LogP contribution is 2.44. The maximum absolute atomic E-state index is 12.5. The fourth-order valence-electron chi connectivity index (χ4n) is 5.02. The summed E-state index contributed by atoms with van der Waals surface area (Å²) < 4.78 is 37.7. The number of alkyl carbamates (subject to hydrolysis) is 1. The zero-order chi connectivity index (χ0) is 35.7. The molecule has 50 heavy (non-hydrogen) atoms. The minimum atomic E-state index is -1.28. The summed E-state index contributed by atoms with van der Waals surface area (Å²) in [5, 5.41) is 18.0. The molecule has 1 atom stereocenters. The van der Waals surface area contributed by atoms with Crippen molar-refractivity contribution in [1.82, 2.24) is 10.6 Å². The molecule has 1 aliphatic carbocycles. The lowest BCUT2D eigenvalue weighted by atomic mass is 9.98. The van der Waals surface area contributed by atoms with E-state index in [1.54, 1.807) is 0 Å². The third-order valence-corrected chi connectivity index (χ3v) is 7.42. The molecule has 16 heteroatoms. The van der Waals surface area contributed by atoms with Gasteiger partial charge in [0.1, 0.15) is 12.6 Å². The second-order valence-electron chi connectivity index (χ2n) is 10.9. The molecule has 0 bridgehead atoms. The van der Waals surface area contributed by atoms with Crippen molar-refractivity contribution in [2.24, 2.45) is 5.11 Å². The largest absolute Gasteiger partial charge is 0.480 e. The Morgan fingerprint density at radius 2 is 1.22 bits per heavy atom. The molecule has 3 rings (SSSR count). The molecule has 1 aliphatic rings. The average Bonchev–Trinajstić information content (AvgIpc) is 3.44. The highest BCUT2D eigenvalue weighted by atomic mass is 16.6. The van der Waals surface area contributed by atoms with Crippen molar-refractivity contribution in [3.63, 3.8) is 0 Å². The molecule has 0 saturated heterocycles. The molecule has 274 valence electrons. The Morgan fingerprint density at radius 1 is 0.740 bits per heavy atom. The van der Waals surface area contributed by atoms with Gasteiger partial charge in [0.2, 0.25) is 5.91 Å². The molecule has 0 radical (unpaired) electrons. The lowest BCUT2D eigenvalue weighted by molar-refractivity contribution is -0.139. The second kappa shape index (κ2) is 24.8. The average molecular weight is 702 g/mol. The quantitative estimate of drug-likeness (QED) is 0.0507. The Hall–Kier alpha value is -4.28. The van der Waals surface area contributed by atoms with Gasteiger partial charge in [-0.1, -0.05) is 53.6 Å². The number of rotatable bonds is 28. The number of carbonyl (C=O) groups is 3. The van der Waals surface area contributed by atoms with Crippen LogP contribution in [0.15, 0.2) is 53.6 Å². The molecule has 2 aromatic rings. The van der Waals surface area contributed by atoms with Crippen LogP contribution in [0.1, 0.15) is 29.9 Å². The van der Waals surface area contributed by atoms with Crippen molar-refractivity contribution in [3.05, 3.63) is 70.1 Å². The van der Waals surface area contributed by atoms with Crippen molar-refractivity contribution in [1.29, 1.82) is 0 Å². The Bertz CT molecular complexity index is 1310. The van der Waals surface area contributed by atoms with Gasteiger partial charge in [-0.3, -0.25) is 4.79 Å². The van der Waals surface area contributed by atoms with E-state index in [2.05, 4.69) is 20.7 Å². The van der Waals surface area contributed by atoms with Crippen molar-refractivity contribution < 1.29 is 52.6 Å². The molecule has 3 N–H and O–H groups in total. The number of carbonyl (C=O) groups excluding carboxylic acids is 2. The molecule has 0 aliphatic heterocycles. The summed E-state index contributed by atoms with van der Waals surface area (Å²) in [5.74, 6) is -1.76. The summed E-state index contributed by atoms with van der Waals surface area (Å²) in [4.78, 5) is 39.1. The summed E-state index contributed by atoms with van der Waals surface area (Å²) in [6.45, 7) is 5.38. The smallest absolute Gasteiger partial charge is 0.407 e. The van der Waals surface area contributed by atoms with Crippen LogP contribution in [-0.2, 0) is 42.7 Å². The Morgan fingerprint density at radius 3 is 1.72 bits per heavy atom. The Labute approximate surface area is 291 Å². The number of hydrogen-bond acceptors (Lipinski definition) is 11. The molecular formula is C34H47N5O11. The van der Waals surface area contributed by atoms with Crippen LogP contribution in [0.4, 0.5) is 4.79 Å². The summed E-state index contributed by atoms with van der Waals surface area (Å²) in [6.07, 6.45) is -1.05. The van der Waals surface area contributed by atoms with E-state index >= 15 is 0 Å². The van der Waals surface area contributed by atoms with Gasteiger partial charge in [-0.15, -0.1) is 0 Å². The van der Waals surface area contributed by atoms with Gasteiger partial charge in [-0.25, -0.2) is 9.59 Å². The zero-order valence-electron chi connectivity index (χ0n) is 28.2. The van der Waals surface area contributed by atoms with Crippen LogP contribution in [0.2, 0.25) is 0 Å². The minimum Gasteiger partial charge on any atom is -0.480 e. The van der Waals surface area contributed by atoms with E-state index < -0.39 is 18.1 Å². The molecule has 0 heterocycles. The van der Waals surface area contributed by atoms with E-state index in [4.69, 9.17) is 38.7 Å². The monoisotopic (exact) mass is 701 g/mol. The first-order valence-electron chi connectivity index (χ1n) is 16.6. The maximum atomic E-state index is 12.5. The predicted octanol–water partition coefficient (Wildman–Crippen LogP) is 3.28. The first-order valence-corrected chi connectivity index (χ1v) is 16.6. The first kappa shape index (κ1) is 40.2. The van der Waals surface area contributed by atoms with Gasteiger partial charge in [-0.2, -0.15) is 0 Å². The number of azide groups is 1. The third-order valence-electron chi connectivity index (χ3n) is 7.42. The molecule has 2 amide bonds. The van der Waals surface area contributed by atoms with Gasteiger partial charge in [0.05, 0.1) is 79.3 Å². The molecule has 1 unspecified atom stereocenters. The van der Waals surface area contributed by atoms with E-state index in [0.29, 0.717) is 79.2 Å². The van der Waals surface area contributed by atoms with Gasteiger partial charge < -0.3 is 48.9 Å². The molecule has 0 aromatic heterocycles. The fraction of sp³-hybridized carbons (Fsp3) is 0.559. The van der Waals surface area contributed by atoms with Crippen LogP contribution >= 0.6 is 0 Å². The lowest BCUT2D eigenvalue weighted by Gasteiger charge is -2.17. The number of aliphatic carboxylic acids is 1. The van der Waals surface area contributed by atoms with Crippen LogP contribution in [-0.4, -0.2) is 128 Å². The van der Waals surface area contributed by atoms with E-state index in [1.165, 1.54) is 0 Å².